The van der Waals surface area contributed by atoms with Gasteiger partial charge in [-0.1, -0.05) is 26.7 Å². The summed E-state index contributed by atoms with van der Waals surface area (Å²) in [6.07, 6.45) is 2.98. The summed E-state index contributed by atoms with van der Waals surface area (Å²) >= 11 is 0. The fraction of sp³-hybridized carbons (Fsp3) is 0.625. The second kappa shape index (κ2) is 7.27. The topological polar surface area (TPSA) is 72.2 Å². The quantitative estimate of drug-likeness (QED) is 0.758. The summed E-state index contributed by atoms with van der Waals surface area (Å²) in [6, 6.07) is 3.25. The van der Waals surface area contributed by atoms with E-state index >= 15 is 0 Å². The highest BCUT2D eigenvalue weighted by Gasteiger charge is 2.20. The lowest BCUT2D eigenvalue weighted by Gasteiger charge is -2.17. The SMILES string of the molecule is Cc1cc(N)cc(S(=O)(=O)NC(C)CCCC(C)C)c1C. The van der Waals surface area contributed by atoms with E-state index in [4.69, 9.17) is 5.73 Å². The number of rotatable bonds is 7. The first-order valence-electron chi connectivity index (χ1n) is 7.52. The number of aryl methyl sites for hydroxylation is 1. The van der Waals surface area contributed by atoms with Crippen LogP contribution in [0.4, 0.5) is 5.69 Å². The van der Waals surface area contributed by atoms with Crippen LogP contribution in [0.15, 0.2) is 17.0 Å². The Labute approximate surface area is 129 Å². The minimum absolute atomic E-state index is 0.0742. The smallest absolute Gasteiger partial charge is 0.241 e. The molecule has 0 radical (unpaired) electrons. The third-order valence-electron chi connectivity index (χ3n) is 3.71. The Morgan fingerprint density at radius 1 is 1.14 bits per heavy atom. The molecule has 120 valence electrons. The molecule has 0 aliphatic carbocycles. The van der Waals surface area contributed by atoms with Crippen molar-refractivity contribution >= 4 is 15.7 Å². The van der Waals surface area contributed by atoms with Crippen LogP contribution in [0.2, 0.25) is 0 Å². The Morgan fingerprint density at radius 2 is 1.76 bits per heavy atom. The zero-order valence-corrected chi connectivity index (χ0v) is 14.5. The standard InChI is InChI=1S/C16H28N2O2S/c1-11(2)7-6-8-13(4)18-21(19,20)16-10-15(17)9-12(3)14(16)5/h9-11,13,18H,6-8,17H2,1-5H3. The van der Waals surface area contributed by atoms with Gasteiger partial charge >= 0.3 is 0 Å². The zero-order chi connectivity index (χ0) is 16.2. The molecular weight excluding hydrogens is 284 g/mol. The van der Waals surface area contributed by atoms with Crippen LogP contribution in [0.1, 0.15) is 51.2 Å². The molecule has 0 spiro atoms. The van der Waals surface area contributed by atoms with E-state index in [-0.39, 0.29) is 10.9 Å². The lowest BCUT2D eigenvalue weighted by atomic mass is 10.0. The van der Waals surface area contributed by atoms with Crippen molar-refractivity contribution < 1.29 is 8.42 Å². The molecule has 0 saturated carbocycles. The molecular formula is C16H28N2O2S. The monoisotopic (exact) mass is 312 g/mol. The molecule has 0 bridgehead atoms. The molecule has 1 rings (SSSR count). The van der Waals surface area contributed by atoms with Gasteiger partial charge in [-0.05, 0) is 56.4 Å². The number of nitrogens with one attached hydrogen (secondary N) is 1. The molecule has 0 aromatic heterocycles. The van der Waals surface area contributed by atoms with Crippen molar-refractivity contribution in [1.82, 2.24) is 4.72 Å². The highest BCUT2D eigenvalue weighted by atomic mass is 32.2. The van der Waals surface area contributed by atoms with Crippen molar-refractivity contribution in [2.24, 2.45) is 5.92 Å². The predicted molar refractivity (Wildman–Crippen MR) is 88.8 cm³/mol. The maximum atomic E-state index is 12.5. The average molecular weight is 312 g/mol. The number of hydrogen-bond donors (Lipinski definition) is 2. The first-order chi connectivity index (χ1) is 9.63. The van der Waals surface area contributed by atoms with Crippen LogP contribution in [0.25, 0.3) is 0 Å². The zero-order valence-electron chi connectivity index (χ0n) is 13.7. The minimum atomic E-state index is -3.52. The number of nitrogen functional groups attached to an aromatic ring is 1. The van der Waals surface area contributed by atoms with Crippen molar-refractivity contribution in [1.29, 1.82) is 0 Å². The summed E-state index contributed by atoms with van der Waals surface area (Å²) in [6.45, 7) is 9.94. The Hall–Kier alpha value is -1.07. The fourth-order valence-electron chi connectivity index (χ4n) is 2.35. The Morgan fingerprint density at radius 3 is 2.33 bits per heavy atom. The molecule has 21 heavy (non-hydrogen) atoms. The predicted octanol–water partition coefficient (Wildman–Crippen LogP) is 3.38. The van der Waals surface area contributed by atoms with Crippen LogP contribution < -0.4 is 10.5 Å². The number of anilines is 1. The molecule has 0 fully saturated rings. The van der Waals surface area contributed by atoms with Gasteiger partial charge < -0.3 is 5.73 Å². The van der Waals surface area contributed by atoms with Gasteiger partial charge in [-0.2, -0.15) is 0 Å². The largest absolute Gasteiger partial charge is 0.399 e. The van der Waals surface area contributed by atoms with Crippen molar-refractivity contribution in [3.8, 4) is 0 Å². The molecule has 1 aromatic rings. The second-order valence-corrected chi connectivity index (χ2v) is 7.99. The number of sulfonamides is 1. The van der Waals surface area contributed by atoms with Crippen LogP contribution >= 0.6 is 0 Å². The van der Waals surface area contributed by atoms with Crippen LogP contribution in [-0.2, 0) is 10.0 Å². The van der Waals surface area contributed by atoms with Crippen LogP contribution in [0, 0.1) is 19.8 Å². The van der Waals surface area contributed by atoms with Crippen molar-refractivity contribution in [2.45, 2.75) is 64.8 Å². The number of benzene rings is 1. The molecule has 3 N–H and O–H groups in total. The molecule has 0 aliphatic rings. The van der Waals surface area contributed by atoms with E-state index in [1.165, 1.54) is 6.07 Å². The second-order valence-electron chi connectivity index (χ2n) is 6.31. The summed E-state index contributed by atoms with van der Waals surface area (Å²) in [5.41, 5.74) is 7.90. The first-order valence-corrected chi connectivity index (χ1v) is 9.01. The van der Waals surface area contributed by atoms with Gasteiger partial charge in [-0.15, -0.1) is 0 Å². The van der Waals surface area contributed by atoms with Gasteiger partial charge in [0.2, 0.25) is 10.0 Å². The molecule has 1 atom stereocenters. The molecule has 0 saturated heterocycles. The molecule has 4 nitrogen and oxygen atoms in total. The Kier molecular flexibility index (Phi) is 6.23. The third-order valence-corrected chi connectivity index (χ3v) is 5.42. The summed E-state index contributed by atoms with van der Waals surface area (Å²) < 4.78 is 27.8. The van der Waals surface area contributed by atoms with Gasteiger partial charge in [0.05, 0.1) is 4.90 Å². The summed E-state index contributed by atoms with van der Waals surface area (Å²) in [5, 5.41) is 0. The number of nitrogens with two attached hydrogens (primary N) is 1. The Balaban J connectivity index is 2.82. The maximum Gasteiger partial charge on any atom is 0.241 e. The van der Waals surface area contributed by atoms with E-state index in [0.717, 1.165) is 30.4 Å². The van der Waals surface area contributed by atoms with Gasteiger partial charge in [0.25, 0.3) is 0 Å². The lowest BCUT2D eigenvalue weighted by Crippen LogP contribution is -2.33. The van der Waals surface area contributed by atoms with E-state index in [2.05, 4.69) is 18.6 Å². The molecule has 0 aliphatic heterocycles. The molecule has 0 heterocycles. The summed E-state index contributed by atoms with van der Waals surface area (Å²) in [7, 11) is -3.52. The van der Waals surface area contributed by atoms with Gasteiger partial charge in [-0.3, -0.25) is 0 Å². The normalized spacial score (nSPS) is 13.6. The van der Waals surface area contributed by atoms with Gasteiger partial charge in [0.1, 0.15) is 0 Å². The van der Waals surface area contributed by atoms with Gasteiger partial charge in [-0.25, -0.2) is 13.1 Å². The maximum absolute atomic E-state index is 12.5. The molecule has 1 unspecified atom stereocenters. The average Bonchev–Trinajstić information content (AvgIpc) is 2.32. The van der Waals surface area contributed by atoms with Gasteiger partial charge in [0, 0.05) is 11.7 Å². The molecule has 5 heteroatoms. The highest BCUT2D eigenvalue weighted by Crippen LogP contribution is 2.22. The molecule has 1 aromatic carbocycles. The van der Waals surface area contributed by atoms with E-state index in [0.29, 0.717) is 11.6 Å². The lowest BCUT2D eigenvalue weighted by molar-refractivity contribution is 0.488. The Bertz CT molecular complexity index is 580. The number of hydrogen-bond acceptors (Lipinski definition) is 3. The van der Waals surface area contributed by atoms with E-state index in [1.54, 1.807) is 6.07 Å². The van der Waals surface area contributed by atoms with Crippen LogP contribution in [0.3, 0.4) is 0 Å². The highest BCUT2D eigenvalue weighted by molar-refractivity contribution is 7.89. The van der Waals surface area contributed by atoms with Crippen molar-refractivity contribution in [2.75, 3.05) is 5.73 Å². The fourth-order valence-corrected chi connectivity index (χ4v) is 3.98. The van der Waals surface area contributed by atoms with Gasteiger partial charge in [0.15, 0.2) is 0 Å². The molecule has 0 amide bonds. The van der Waals surface area contributed by atoms with E-state index in [9.17, 15) is 8.42 Å². The van der Waals surface area contributed by atoms with E-state index < -0.39 is 10.0 Å². The van der Waals surface area contributed by atoms with Crippen LogP contribution in [-0.4, -0.2) is 14.5 Å². The first kappa shape index (κ1) is 18.0. The van der Waals surface area contributed by atoms with Crippen molar-refractivity contribution in [3.05, 3.63) is 23.3 Å². The van der Waals surface area contributed by atoms with Crippen molar-refractivity contribution in [3.63, 3.8) is 0 Å². The minimum Gasteiger partial charge on any atom is -0.399 e. The van der Waals surface area contributed by atoms with E-state index in [1.807, 2.05) is 20.8 Å². The third kappa shape index (κ3) is 5.32. The summed E-state index contributed by atoms with van der Waals surface area (Å²) in [4.78, 5) is 0.288. The summed E-state index contributed by atoms with van der Waals surface area (Å²) in [5.74, 6) is 0.646. The van der Waals surface area contributed by atoms with Crippen LogP contribution in [0.5, 0.6) is 0 Å².